The minimum atomic E-state index is -0.203. The fraction of sp³-hybridized carbons (Fsp3) is 0.760. The molecule has 0 aliphatic heterocycles. The highest BCUT2D eigenvalue weighted by Gasteiger charge is 2.03. The summed E-state index contributed by atoms with van der Waals surface area (Å²) < 4.78 is 0. The van der Waals surface area contributed by atoms with Crippen molar-refractivity contribution < 1.29 is 5.11 Å². The third-order valence-corrected chi connectivity index (χ3v) is 5.44. The van der Waals surface area contributed by atoms with Gasteiger partial charge >= 0.3 is 0 Å². The lowest BCUT2D eigenvalue weighted by molar-refractivity contribution is 0.157. The lowest BCUT2D eigenvalue weighted by atomic mass is 10.0. The highest BCUT2D eigenvalue weighted by atomic mass is 16.3. The van der Waals surface area contributed by atoms with Crippen LogP contribution in [-0.2, 0) is 6.54 Å². The molecule has 27 heavy (non-hydrogen) atoms. The Bertz CT molecular complexity index is 406. The molecule has 0 radical (unpaired) electrons. The van der Waals surface area contributed by atoms with Gasteiger partial charge in [0.25, 0.3) is 0 Å². The first-order chi connectivity index (χ1) is 13.3. The van der Waals surface area contributed by atoms with Gasteiger partial charge in [-0.25, -0.2) is 0 Å². The molecule has 0 saturated carbocycles. The monoisotopic (exact) mass is 375 g/mol. The molecule has 0 saturated heterocycles. The second-order valence-corrected chi connectivity index (χ2v) is 8.16. The van der Waals surface area contributed by atoms with Crippen LogP contribution in [0.25, 0.3) is 0 Å². The molecule has 1 atom stereocenters. The highest BCUT2D eigenvalue weighted by molar-refractivity contribution is 5.14. The van der Waals surface area contributed by atoms with Gasteiger partial charge in [-0.05, 0) is 12.0 Å². The van der Waals surface area contributed by atoms with E-state index in [1.807, 2.05) is 6.07 Å². The molecule has 0 fully saturated rings. The summed E-state index contributed by atoms with van der Waals surface area (Å²) in [4.78, 5) is 0. The molecule has 1 rings (SSSR count). The van der Waals surface area contributed by atoms with Gasteiger partial charge < -0.3 is 10.4 Å². The van der Waals surface area contributed by atoms with Crippen LogP contribution in [0, 0.1) is 0 Å². The zero-order valence-corrected chi connectivity index (χ0v) is 17.9. The van der Waals surface area contributed by atoms with Gasteiger partial charge in [-0.2, -0.15) is 0 Å². The van der Waals surface area contributed by atoms with E-state index in [9.17, 15) is 5.11 Å². The number of hydrogen-bond donors (Lipinski definition) is 2. The number of rotatable bonds is 19. The predicted octanol–water partition coefficient (Wildman–Crippen LogP) is 7.01. The Balaban J connectivity index is 1.77. The van der Waals surface area contributed by atoms with E-state index >= 15 is 0 Å². The molecule has 0 heterocycles. The van der Waals surface area contributed by atoms with Gasteiger partial charge in [0.1, 0.15) is 0 Å². The smallest absolute Gasteiger partial charge is 0.0664 e. The summed E-state index contributed by atoms with van der Waals surface area (Å²) in [5.41, 5.74) is 1.28. The van der Waals surface area contributed by atoms with Crippen LogP contribution in [-0.4, -0.2) is 17.8 Å². The van der Waals surface area contributed by atoms with Gasteiger partial charge in [-0.1, -0.05) is 127 Å². The third kappa shape index (κ3) is 15.9. The van der Waals surface area contributed by atoms with Gasteiger partial charge in [0.05, 0.1) is 6.10 Å². The highest BCUT2D eigenvalue weighted by Crippen LogP contribution is 2.13. The number of unbranched alkanes of at least 4 members (excludes halogenated alkanes) is 13. The van der Waals surface area contributed by atoms with Gasteiger partial charge in [0.15, 0.2) is 0 Å². The van der Waals surface area contributed by atoms with Crippen molar-refractivity contribution in [1.29, 1.82) is 0 Å². The van der Waals surface area contributed by atoms with Gasteiger partial charge in [-0.15, -0.1) is 0 Å². The van der Waals surface area contributed by atoms with Crippen LogP contribution in [0.4, 0.5) is 0 Å². The number of aliphatic hydroxyl groups is 1. The molecule has 0 aliphatic rings. The van der Waals surface area contributed by atoms with Crippen LogP contribution in [0.5, 0.6) is 0 Å². The third-order valence-electron chi connectivity index (χ3n) is 5.44. The average Bonchev–Trinajstić information content (AvgIpc) is 2.69. The van der Waals surface area contributed by atoms with Crippen molar-refractivity contribution in [2.45, 2.75) is 116 Å². The molecule has 0 spiro atoms. The molecule has 2 nitrogen and oxygen atoms in total. The summed E-state index contributed by atoms with van der Waals surface area (Å²) in [6.07, 6.45) is 20.1. The molecule has 0 bridgehead atoms. The second kappa shape index (κ2) is 18.5. The first-order valence-electron chi connectivity index (χ1n) is 11.8. The molecule has 156 valence electrons. The SMILES string of the molecule is CCCCCCCCCCCCCCCCC(O)CNCc1ccccc1. The van der Waals surface area contributed by atoms with Crippen molar-refractivity contribution >= 4 is 0 Å². The summed E-state index contributed by atoms with van der Waals surface area (Å²) in [6.45, 7) is 3.83. The standard InChI is InChI=1S/C25H45NO/c1-2-3-4-5-6-7-8-9-10-11-12-13-14-18-21-25(27)23-26-22-24-19-16-15-17-20-24/h15-17,19-20,25-27H,2-14,18,21-23H2,1H3. The molecule has 0 amide bonds. The van der Waals surface area contributed by atoms with Gasteiger partial charge in [0.2, 0.25) is 0 Å². The van der Waals surface area contributed by atoms with E-state index in [0.29, 0.717) is 6.54 Å². The summed E-state index contributed by atoms with van der Waals surface area (Å²) in [6, 6.07) is 10.4. The zero-order valence-electron chi connectivity index (χ0n) is 17.9. The number of nitrogens with one attached hydrogen (secondary N) is 1. The first-order valence-corrected chi connectivity index (χ1v) is 11.8. The summed E-state index contributed by atoms with van der Waals surface area (Å²) in [7, 11) is 0. The van der Waals surface area contributed by atoms with Crippen molar-refractivity contribution in [2.24, 2.45) is 0 Å². The van der Waals surface area contributed by atoms with Crippen molar-refractivity contribution in [2.75, 3.05) is 6.54 Å². The number of aliphatic hydroxyl groups excluding tert-OH is 1. The first kappa shape index (κ1) is 24.2. The Hall–Kier alpha value is -0.860. The Labute approximate surface area is 169 Å². The van der Waals surface area contributed by atoms with E-state index in [0.717, 1.165) is 19.4 Å². The molecular formula is C25H45NO. The van der Waals surface area contributed by atoms with E-state index in [2.05, 4.69) is 36.5 Å². The van der Waals surface area contributed by atoms with Crippen LogP contribution >= 0.6 is 0 Å². The number of hydrogen-bond acceptors (Lipinski definition) is 2. The van der Waals surface area contributed by atoms with Crippen molar-refractivity contribution in [3.05, 3.63) is 35.9 Å². The molecule has 1 aromatic carbocycles. The lowest BCUT2D eigenvalue weighted by Gasteiger charge is -2.11. The van der Waals surface area contributed by atoms with Crippen LogP contribution in [0.1, 0.15) is 109 Å². The molecule has 1 unspecified atom stereocenters. The van der Waals surface area contributed by atoms with Crippen LogP contribution < -0.4 is 5.32 Å². The molecule has 0 aliphatic carbocycles. The van der Waals surface area contributed by atoms with Gasteiger partial charge in [-0.3, -0.25) is 0 Å². The predicted molar refractivity (Wildman–Crippen MR) is 119 cm³/mol. The Morgan fingerprint density at radius 1 is 0.704 bits per heavy atom. The van der Waals surface area contributed by atoms with Crippen LogP contribution in [0.3, 0.4) is 0 Å². The zero-order chi connectivity index (χ0) is 19.4. The number of benzene rings is 1. The quantitative estimate of drug-likeness (QED) is 0.255. The Morgan fingerprint density at radius 3 is 1.70 bits per heavy atom. The second-order valence-electron chi connectivity index (χ2n) is 8.16. The fourth-order valence-electron chi connectivity index (χ4n) is 3.66. The average molecular weight is 376 g/mol. The molecule has 0 aromatic heterocycles. The lowest BCUT2D eigenvalue weighted by Crippen LogP contribution is -2.26. The maximum absolute atomic E-state index is 10.1. The van der Waals surface area contributed by atoms with Crippen molar-refractivity contribution in [3.63, 3.8) is 0 Å². The van der Waals surface area contributed by atoms with E-state index in [1.165, 1.54) is 89.0 Å². The molecule has 2 heteroatoms. The minimum Gasteiger partial charge on any atom is -0.392 e. The summed E-state index contributed by atoms with van der Waals surface area (Å²) >= 11 is 0. The van der Waals surface area contributed by atoms with Crippen molar-refractivity contribution in [1.82, 2.24) is 5.32 Å². The Morgan fingerprint density at radius 2 is 1.19 bits per heavy atom. The van der Waals surface area contributed by atoms with E-state index in [1.54, 1.807) is 0 Å². The normalized spacial score (nSPS) is 12.4. The molecule has 2 N–H and O–H groups in total. The maximum atomic E-state index is 10.1. The van der Waals surface area contributed by atoms with E-state index in [4.69, 9.17) is 0 Å². The summed E-state index contributed by atoms with van der Waals surface area (Å²) in [5.74, 6) is 0. The Kier molecular flexibility index (Phi) is 16.6. The maximum Gasteiger partial charge on any atom is 0.0664 e. The molecular weight excluding hydrogens is 330 g/mol. The molecule has 1 aromatic rings. The topological polar surface area (TPSA) is 32.3 Å². The largest absolute Gasteiger partial charge is 0.392 e. The van der Waals surface area contributed by atoms with Crippen LogP contribution in [0.15, 0.2) is 30.3 Å². The minimum absolute atomic E-state index is 0.203. The summed E-state index contributed by atoms with van der Waals surface area (Å²) in [5, 5.41) is 13.4. The van der Waals surface area contributed by atoms with Gasteiger partial charge in [0, 0.05) is 13.1 Å². The van der Waals surface area contributed by atoms with Crippen LogP contribution in [0.2, 0.25) is 0 Å². The van der Waals surface area contributed by atoms with E-state index < -0.39 is 0 Å². The fourth-order valence-corrected chi connectivity index (χ4v) is 3.66. The van der Waals surface area contributed by atoms with E-state index in [-0.39, 0.29) is 6.10 Å². The van der Waals surface area contributed by atoms with Crippen molar-refractivity contribution in [3.8, 4) is 0 Å².